The third kappa shape index (κ3) is 6.38. The zero-order valence-corrected chi connectivity index (χ0v) is 18.8. The zero-order valence-electron chi connectivity index (χ0n) is 18.8. The number of nitrogens with zero attached hydrogens (tertiary/aromatic N) is 3. The van der Waals surface area contributed by atoms with Gasteiger partial charge >= 0.3 is 0 Å². The highest BCUT2D eigenvalue weighted by molar-refractivity contribution is 5.93. The summed E-state index contributed by atoms with van der Waals surface area (Å²) in [5.74, 6) is 0.0405. The number of amides is 3. The Labute approximate surface area is 194 Å². The molecule has 2 fully saturated rings. The van der Waals surface area contributed by atoms with Gasteiger partial charge in [-0.15, -0.1) is 0 Å². The van der Waals surface area contributed by atoms with Gasteiger partial charge in [-0.2, -0.15) is 0 Å². The molecule has 4 rings (SSSR count). The molecule has 2 aromatic rings. The second-order valence-electron chi connectivity index (χ2n) is 8.79. The lowest BCUT2D eigenvalue weighted by atomic mass is 9.95. The van der Waals surface area contributed by atoms with E-state index in [2.05, 4.69) is 20.5 Å². The van der Waals surface area contributed by atoms with E-state index in [4.69, 9.17) is 0 Å². The van der Waals surface area contributed by atoms with Gasteiger partial charge in [0.2, 0.25) is 17.7 Å². The van der Waals surface area contributed by atoms with E-state index in [9.17, 15) is 14.4 Å². The Morgan fingerprint density at radius 3 is 1.97 bits per heavy atom. The normalized spacial score (nSPS) is 18.0. The topological polar surface area (TPSA) is 94.6 Å². The molecule has 1 aromatic carbocycles. The Morgan fingerprint density at radius 2 is 1.36 bits per heavy atom. The molecule has 3 amide bonds. The number of anilines is 2. The number of para-hydroxylation sites is 1. The molecule has 0 aliphatic carbocycles. The van der Waals surface area contributed by atoms with E-state index >= 15 is 0 Å². The molecule has 0 bridgehead atoms. The van der Waals surface area contributed by atoms with Gasteiger partial charge in [-0.3, -0.25) is 24.3 Å². The van der Waals surface area contributed by atoms with Crippen molar-refractivity contribution in [3.05, 3.63) is 54.9 Å². The number of carbonyl (C=O) groups excluding carboxylic acids is 3. The van der Waals surface area contributed by atoms with Crippen molar-refractivity contribution in [1.82, 2.24) is 14.8 Å². The number of rotatable bonds is 6. The number of likely N-dealkylation sites (tertiary alicyclic amines) is 2. The Bertz CT molecular complexity index is 937. The molecule has 8 nitrogen and oxygen atoms in total. The molecule has 2 N–H and O–H groups in total. The van der Waals surface area contributed by atoms with Crippen molar-refractivity contribution >= 4 is 29.1 Å². The third-order valence-corrected chi connectivity index (χ3v) is 6.51. The molecule has 0 radical (unpaired) electrons. The van der Waals surface area contributed by atoms with Crippen LogP contribution < -0.4 is 10.6 Å². The number of carbonyl (C=O) groups is 3. The van der Waals surface area contributed by atoms with E-state index in [1.807, 2.05) is 41.3 Å². The minimum Gasteiger partial charge on any atom is -0.342 e. The first-order chi connectivity index (χ1) is 16.1. The van der Waals surface area contributed by atoms with E-state index in [1.54, 1.807) is 18.5 Å². The van der Waals surface area contributed by atoms with Crippen LogP contribution in [-0.2, 0) is 14.4 Å². The van der Waals surface area contributed by atoms with E-state index in [0.29, 0.717) is 38.2 Å². The lowest BCUT2D eigenvalue weighted by Crippen LogP contribution is -2.47. The summed E-state index contributed by atoms with van der Waals surface area (Å²) in [6.07, 6.45) is 6.15. The lowest BCUT2D eigenvalue weighted by molar-refractivity contribution is -0.136. The second-order valence-corrected chi connectivity index (χ2v) is 8.79. The molecule has 3 heterocycles. The fraction of sp³-hybridized carbons (Fsp3) is 0.440. The van der Waals surface area contributed by atoms with E-state index < -0.39 is 0 Å². The molecule has 0 atom stereocenters. The first-order valence-corrected chi connectivity index (χ1v) is 11.7. The summed E-state index contributed by atoms with van der Waals surface area (Å²) >= 11 is 0. The number of pyridine rings is 1. The number of hydrogen-bond acceptors (Lipinski definition) is 5. The summed E-state index contributed by atoms with van der Waals surface area (Å²) in [6, 6.07) is 13.1. The Hall–Kier alpha value is -3.26. The van der Waals surface area contributed by atoms with Crippen LogP contribution >= 0.6 is 0 Å². The quantitative estimate of drug-likeness (QED) is 0.707. The summed E-state index contributed by atoms with van der Waals surface area (Å²) < 4.78 is 0. The first-order valence-electron chi connectivity index (χ1n) is 11.7. The number of piperidine rings is 2. The minimum absolute atomic E-state index is 0.0184. The van der Waals surface area contributed by atoms with Crippen LogP contribution in [0.3, 0.4) is 0 Å². The fourth-order valence-electron chi connectivity index (χ4n) is 4.48. The summed E-state index contributed by atoms with van der Waals surface area (Å²) in [5.41, 5.74) is 1.51. The summed E-state index contributed by atoms with van der Waals surface area (Å²) in [4.78, 5) is 45.8. The van der Waals surface area contributed by atoms with E-state index in [1.165, 1.54) is 0 Å². The molecule has 2 aliphatic rings. The number of nitrogens with one attached hydrogen (secondary N) is 2. The lowest BCUT2D eigenvalue weighted by Gasteiger charge is -2.35. The standard InChI is InChI=1S/C25H31N5O3/c31-23(30-15-10-20(11-16-30)24(32)27-21-5-2-1-3-6-21)18-29-13-8-19(9-14-29)25(33)28-22-7-4-12-26-17-22/h1-7,12,17,19-20H,8-11,13-16,18H2,(H,27,32)(H,28,33). The molecule has 174 valence electrons. The molecule has 0 spiro atoms. The maximum absolute atomic E-state index is 12.8. The Balaban J connectivity index is 1.16. The van der Waals surface area contributed by atoms with Crippen LogP contribution in [0.25, 0.3) is 0 Å². The van der Waals surface area contributed by atoms with Crippen molar-refractivity contribution in [2.24, 2.45) is 11.8 Å². The fourth-order valence-corrected chi connectivity index (χ4v) is 4.48. The van der Waals surface area contributed by atoms with E-state index in [0.717, 1.165) is 31.6 Å². The molecular formula is C25H31N5O3. The van der Waals surface area contributed by atoms with Crippen molar-refractivity contribution < 1.29 is 14.4 Å². The zero-order chi connectivity index (χ0) is 23.0. The van der Waals surface area contributed by atoms with Gasteiger partial charge in [0.1, 0.15) is 0 Å². The molecule has 1 aromatic heterocycles. The maximum Gasteiger partial charge on any atom is 0.236 e. The van der Waals surface area contributed by atoms with Gasteiger partial charge < -0.3 is 15.5 Å². The smallest absolute Gasteiger partial charge is 0.236 e. The van der Waals surface area contributed by atoms with Crippen molar-refractivity contribution in [3.8, 4) is 0 Å². The molecule has 0 saturated carbocycles. The van der Waals surface area contributed by atoms with Crippen LogP contribution in [-0.4, -0.2) is 65.2 Å². The number of aromatic nitrogens is 1. The van der Waals surface area contributed by atoms with Crippen molar-refractivity contribution in [1.29, 1.82) is 0 Å². The number of benzene rings is 1. The summed E-state index contributed by atoms with van der Waals surface area (Å²) in [5, 5.41) is 5.88. The molecule has 8 heteroatoms. The molecular weight excluding hydrogens is 418 g/mol. The van der Waals surface area contributed by atoms with Crippen LogP contribution in [0.2, 0.25) is 0 Å². The van der Waals surface area contributed by atoms with Crippen LogP contribution in [0, 0.1) is 11.8 Å². The predicted octanol–water partition coefficient (Wildman–Crippen LogP) is 2.61. The van der Waals surface area contributed by atoms with Gasteiger partial charge in [0.25, 0.3) is 0 Å². The summed E-state index contributed by atoms with van der Waals surface area (Å²) in [6.45, 7) is 3.04. The van der Waals surface area contributed by atoms with Gasteiger partial charge in [-0.25, -0.2) is 0 Å². The minimum atomic E-state index is -0.0664. The average Bonchev–Trinajstić information content (AvgIpc) is 2.86. The predicted molar refractivity (Wildman–Crippen MR) is 126 cm³/mol. The highest BCUT2D eigenvalue weighted by Gasteiger charge is 2.30. The van der Waals surface area contributed by atoms with Crippen molar-refractivity contribution in [2.45, 2.75) is 25.7 Å². The highest BCUT2D eigenvalue weighted by Crippen LogP contribution is 2.22. The molecule has 2 aliphatic heterocycles. The van der Waals surface area contributed by atoms with Gasteiger partial charge in [0.15, 0.2) is 0 Å². The van der Waals surface area contributed by atoms with Crippen LogP contribution in [0.1, 0.15) is 25.7 Å². The van der Waals surface area contributed by atoms with Crippen molar-refractivity contribution in [3.63, 3.8) is 0 Å². The van der Waals surface area contributed by atoms with Gasteiger partial charge in [0, 0.05) is 36.8 Å². The van der Waals surface area contributed by atoms with E-state index in [-0.39, 0.29) is 29.6 Å². The molecule has 2 saturated heterocycles. The molecule has 33 heavy (non-hydrogen) atoms. The largest absolute Gasteiger partial charge is 0.342 e. The van der Waals surface area contributed by atoms with Gasteiger partial charge in [-0.1, -0.05) is 18.2 Å². The Morgan fingerprint density at radius 1 is 0.788 bits per heavy atom. The Kier molecular flexibility index (Phi) is 7.67. The van der Waals surface area contributed by atoms with Crippen LogP contribution in [0.15, 0.2) is 54.9 Å². The second kappa shape index (κ2) is 11.0. The monoisotopic (exact) mass is 449 g/mol. The molecule has 0 unspecified atom stereocenters. The third-order valence-electron chi connectivity index (χ3n) is 6.51. The average molecular weight is 450 g/mol. The summed E-state index contributed by atoms with van der Waals surface area (Å²) in [7, 11) is 0. The van der Waals surface area contributed by atoms with Crippen LogP contribution in [0.4, 0.5) is 11.4 Å². The maximum atomic E-state index is 12.8. The van der Waals surface area contributed by atoms with Crippen molar-refractivity contribution in [2.75, 3.05) is 43.4 Å². The SMILES string of the molecule is O=C(Nc1cccnc1)C1CCN(CC(=O)N2CCC(C(=O)Nc3ccccc3)CC2)CC1. The first kappa shape index (κ1) is 22.9. The number of hydrogen-bond donors (Lipinski definition) is 2. The van der Waals surface area contributed by atoms with Crippen LogP contribution in [0.5, 0.6) is 0 Å². The van der Waals surface area contributed by atoms with Gasteiger partial charge in [0.05, 0.1) is 18.4 Å². The van der Waals surface area contributed by atoms with Gasteiger partial charge in [-0.05, 0) is 63.0 Å². The highest BCUT2D eigenvalue weighted by atomic mass is 16.2.